The Morgan fingerprint density at radius 1 is 0.683 bits per heavy atom. The van der Waals surface area contributed by atoms with E-state index in [0.29, 0.717) is 0 Å². The molecule has 0 aromatic carbocycles. The summed E-state index contributed by atoms with van der Waals surface area (Å²) in [5.41, 5.74) is 5.00. The molecule has 0 heterocycles. The van der Waals surface area contributed by atoms with E-state index >= 15 is 0 Å². The van der Waals surface area contributed by atoms with Crippen molar-refractivity contribution in [2.75, 3.05) is 0 Å². The number of hydrogen-bond acceptors (Lipinski definition) is 8. The molecule has 1 amide bonds. The standard InChI is InChI=1S/C13H21NO5.C8H13ClO.C5H9NO4.CH4.H2O/c15-11(16)8-7-10(13(18)19)14-12(17)9-5-3-1-2-4-6-9;9-8(10)7-5-3-1-2-4-6-7;6-3(5(9)10)1-2-4(7)8;;/h9-10H,1-8H2,(H,14,17)(H,15,16)(H,18,19);7H,1-6H2;3H,1-2,6H2,(H,7,8)(H,9,10);1H4;1H2/p-1. The molecule has 2 saturated carbocycles. The van der Waals surface area contributed by atoms with Gasteiger partial charge in [-0.25, -0.2) is 4.79 Å². The summed E-state index contributed by atoms with van der Waals surface area (Å²) in [6.07, 6.45) is 12.2. The highest BCUT2D eigenvalue weighted by atomic mass is 35.5. The van der Waals surface area contributed by atoms with E-state index in [1.807, 2.05) is 0 Å². The van der Waals surface area contributed by atoms with E-state index in [4.69, 9.17) is 37.8 Å². The maximum Gasteiger partial charge on any atom is 0.326 e. The topological polar surface area (TPSA) is 251 Å². The van der Waals surface area contributed by atoms with Gasteiger partial charge < -0.3 is 37.0 Å². The number of carboxylic acids is 4. The Kier molecular flexibility index (Phi) is 26.0. The predicted octanol–water partition coefficient (Wildman–Crippen LogP) is 3.84. The van der Waals surface area contributed by atoms with Crippen molar-refractivity contribution < 1.29 is 54.7 Å². The quantitative estimate of drug-likeness (QED) is 0.144. The van der Waals surface area contributed by atoms with Crippen LogP contribution in [0.3, 0.4) is 0 Å². The van der Waals surface area contributed by atoms with Crippen molar-refractivity contribution in [1.29, 1.82) is 0 Å². The third-order valence-corrected chi connectivity index (χ3v) is 6.96. The molecule has 2 aliphatic carbocycles. The predicted molar refractivity (Wildman–Crippen MR) is 151 cm³/mol. The van der Waals surface area contributed by atoms with Gasteiger partial charge in [0.1, 0.15) is 12.1 Å². The van der Waals surface area contributed by atoms with Crippen molar-refractivity contribution in [2.45, 2.75) is 122 Å². The molecule has 0 spiro atoms. The normalized spacial score (nSPS) is 16.9. The summed E-state index contributed by atoms with van der Waals surface area (Å²) < 4.78 is 0. The van der Waals surface area contributed by atoms with Crippen molar-refractivity contribution in [3.63, 3.8) is 0 Å². The molecule has 0 saturated heterocycles. The molecule has 13 nitrogen and oxygen atoms in total. The number of carboxylic acid groups (broad SMARTS) is 4. The van der Waals surface area contributed by atoms with E-state index in [1.54, 1.807) is 0 Å². The zero-order chi connectivity index (χ0) is 29.8. The Morgan fingerprint density at radius 2 is 1.07 bits per heavy atom. The van der Waals surface area contributed by atoms with Gasteiger partial charge in [-0.05, 0) is 50.1 Å². The van der Waals surface area contributed by atoms with Crippen molar-refractivity contribution >= 4 is 46.6 Å². The van der Waals surface area contributed by atoms with Gasteiger partial charge in [-0.1, -0.05) is 58.8 Å². The highest BCUT2D eigenvalue weighted by Crippen LogP contribution is 2.24. The molecule has 14 heteroatoms. The average molecular weight is 612 g/mol. The van der Waals surface area contributed by atoms with Crippen molar-refractivity contribution in [2.24, 2.45) is 17.6 Å². The number of amides is 1. The van der Waals surface area contributed by atoms with E-state index in [0.717, 1.165) is 51.4 Å². The van der Waals surface area contributed by atoms with E-state index in [1.165, 1.54) is 25.7 Å². The van der Waals surface area contributed by atoms with Gasteiger partial charge in [0.05, 0.1) is 0 Å². The molecule has 41 heavy (non-hydrogen) atoms. The fourth-order valence-electron chi connectivity index (χ4n) is 4.27. The summed E-state index contributed by atoms with van der Waals surface area (Å²) in [4.78, 5) is 64.0. The zero-order valence-corrected chi connectivity index (χ0v) is 23.5. The second-order valence-electron chi connectivity index (χ2n) is 9.89. The average Bonchev–Trinajstić information content (AvgIpc) is 3.31. The Morgan fingerprint density at radius 3 is 1.41 bits per heavy atom. The first-order valence-corrected chi connectivity index (χ1v) is 13.9. The fourth-order valence-corrected chi connectivity index (χ4v) is 4.48. The van der Waals surface area contributed by atoms with E-state index in [-0.39, 0.29) is 61.6 Å². The molecular weight excluding hydrogens is 564 g/mol. The van der Waals surface area contributed by atoms with Gasteiger partial charge in [0.15, 0.2) is 0 Å². The van der Waals surface area contributed by atoms with Gasteiger partial charge in [-0.2, -0.15) is 0 Å². The minimum Gasteiger partial charge on any atom is -0.870 e. The number of nitrogens with two attached hydrogens (primary N) is 1. The largest absolute Gasteiger partial charge is 0.870 e. The maximum absolute atomic E-state index is 12.0. The minimum absolute atomic E-state index is 0. The van der Waals surface area contributed by atoms with Crippen LogP contribution in [0.2, 0.25) is 0 Å². The van der Waals surface area contributed by atoms with E-state index in [9.17, 15) is 28.8 Å². The highest BCUT2D eigenvalue weighted by molar-refractivity contribution is 6.63. The maximum atomic E-state index is 12.0. The number of halogens is 1. The molecule has 2 rings (SSSR count). The van der Waals surface area contributed by atoms with Crippen molar-refractivity contribution in [3.8, 4) is 0 Å². The lowest BCUT2D eigenvalue weighted by Crippen LogP contribution is -2.43. The molecule has 8 N–H and O–H groups in total. The summed E-state index contributed by atoms with van der Waals surface area (Å²) in [6.45, 7) is 0. The third kappa shape index (κ3) is 22.6. The molecular formula is C27H48ClN2O11-. The number of nitrogens with one attached hydrogen (secondary N) is 1. The van der Waals surface area contributed by atoms with Crippen LogP contribution in [0.25, 0.3) is 0 Å². The lowest BCUT2D eigenvalue weighted by Gasteiger charge is -2.18. The monoisotopic (exact) mass is 611 g/mol. The lowest BCUT2D eigenvalue weighted by molar-refractivity contribution is -0.144. The summed E-state index contributed by atoms with van der Waals surface area (Å²) in [5, 5.41) is 36.2. The van der Waals surface area contributed by atoms with Crippen LogP contribution in [0.5, 0.6) is 0 Å². The second kappa shape index (κ2) is 25.0. The van der Waals surface area contributed by atoms with Crippen molar-refractivity contribution in [3.05, 3.63) is 0 Å². The van der Waals surface area contributed by atoms with Gasteiger partial charge in [0.2, 0.25) is 11.1 Å². The number of rotatable bonds is 11. The van der Waals surface area contributed by atoms with Crippen LogP contribution in [-0.2, 0) is 28.8 Å². The van der Waals surface area contributed by atoms with Gasteiger partial charge >= 0.3 is 23.9 Å². The number of hydrogen-bond donors (Lipinski definition) is 6. The van der Waals surface area contributed by atoms with Crippen LogP contribution >= 0.6 is 11.6 Å². The molecule has 0 bridgehead atoms. The minimum atomic E-state index is -1.18. The fraction of sp³-hybridized carbons (Fsp3) is 0.778. The van der Waals surface area contributed by atoms with Gasteiger partial charge in [0.25, 0.3) is 0 Å². The summed E-state index contributed by atoms with van der Waals surface area (Å²) in [6, 6.07) is -2.16. The van der Waals surface area contributed by atoms with Crippen LogP contribution < -0.4 is 11.1 Å². The number of aliphatic carboxylic acids is 4. The first-order chi connectivity index (χ1) is 18.3. The number of carbonyl (C=O) groups excluding carboxylic acids is 2. The zero-order valence-electron chi connectivity index (χ0n) is 22.8. The Hall–Kier alpha value is -2.77. The Bertz CT molecular complexity index is 794. The molecule has 2 aliphatic rings. The molecule has 2 fully saturated rings. The number of carbonyl (C=O) groups is 6. The summed E-state index contributed by atoms with van der Waals surface area (Å²) >= 11 is 5.39. The first-order valence-electron chi connectivity index (χ1n) is 13.5. The SMILES string of the molecule is C.NC(CCC(=O)O)C(=O)O.O=C(Cl)C1CCCCCC1.O=C(O)CCC(NC(=O)C1CCCCCC1)C(=O)O.[OH-]. The molecule has 0 radical (unpaired) electrons. The summed E-state index contributed by atoms with van der Waals surface area (Å²) in [7, 11) is 0. The second-order valence-corrected chi connectivity index (χ2v) is 10.3. The van der Waals surface area contributed by atoms with Crippen LogP contribution in [0, 0.1) is 11.8 Å². The highest BCUT2D eigenvalue weighted by Gasteiger charge is 2.26. The molecule has 2 atom stereocenters. The molecule has 240 valence electrons. The van der Waals surface area contributed by atoms with Crippen LogP contribution in [0.1, 0.15) is 110 Å². The van der Waals surface area contributed by atoms with Gasteiger partial charge in [-0.3, -0.25) is 24.0 Å². The van der Waals surface area contributed by atoms with Crippen LogP contribution in [0.4, 0.5) is 0 Å². The third-order valence-electron chi connectivity index (χ3n) is 6.65. The Labute approximate surface area is 246 Å². The Balaban J connectivity index is -0.000000561. The molecule has 2 unspecified atom stereocenters. The van der Waals surface area contributed by atoms with E-state index in [2.05, 4.69) is 5.32 Å². The lowest BCUT2D eigenvalue weighted by atomic mass is 9.98. The van der Waals surface area contributed by atoms with Gasteiger partial charge in [0, 0.05) is 24.7 Å². The van der Waals surface area contributed by atoms with Crippen LogP contribution in [-0.4, -0.2) is 73.0 Å². The van der Waals surface area contributed by atoms with E-state index < -0.39 is 36.0 Å². The molecule has 0 aromatic rings. The first kappa shape index (κ1) is 42.7. The van der Waals surface area contributed by atoms with Crippen LogP contribution in [0.15, 0.2) is 0 Å². The van der Waals surface area contributed by atoms with Gasteiger partial charge in [-0.15, -0.1) is 0 Å². The summed E-state index contributed by atoms with van der Waals surface area (Å²) in [5.74, 6) is -4.64. The van der Waals surface area contributed by atoms with Crippen molar-refractivity contribution in [1.82, 2.24) is 5.32 Å². The molecule has 0 aromatic heterocycles. The molecule has 0 aliphatic heterocycles. The smallest absolute Gasteiger partial charge is 0.326 e.